The number of nitrogens with one attached hydrogen (secondary N) is 1. The Labute approximate surface area is 116 Å². The topological polar surface area (TPSA) is 81.4 Å². The van der Waals surface area contributed by atoms with Crippen LogP contribution in [0.4, 0.5) is 10.1 Å². The fraction of sp³-hybridized carbons (Fsp3) is 0.0769. The van der Waals surface area contributed by atoms with Crippen molar-refractivity contribution in [3.8, 4) is 11.5 Å². The van der Waals surface area contributed by atoms with Gasteiger partial charge in [-0.25, -0.2) is 17.5 Å². The van der Waals surface area contributed by atoms with Gasteiger partial charge in [0.1, 0.15) is 10.6 Å². The zero-order valence-electron chi connectivity index (χ0n) is 10.6. The molecule has 0 aliphatic heterocycles. The van der Waals surface area contributed by atoms with Crippen LogP contribution >= 0.6 is 0 Å². The quantitative estimate of drug-likeness (QED) is 0.847. The van der Waals surface area contributed by atoms with E-state index >= 15 is 0 Å². The number of anilines is 1. The van der Waals surface area contributed by atoms with Crippen molar-refractivity contribution < 1.29 is 17.5 Å². The number of hydrogen-bond donors (Lipinski definition) is 2. The molecule has 0 radical (unpaired) electrons. The molecule has 0 amide bonds. The Morgan fingerprint density at radius 1 is 1.20 bits per heavy atom. The number of ether oxygens (including phenoxy) is 1. The van der Waals surface area contributed by atoms with Crippen LogP contribution in [0.25, 0.3) is 0 Å². The average Bonchev–Trinajstić information content (AvgIpc) is 2.41. The van der Waals surface area contributed by atoms with Crippen molar-refractivity contribution in [1.29, 1.82) is 0 Å². The van der Waals surface area contributed by atoms with Crippen molar-refractivity contribution in [1.82, 2.24) is 4.72 Å². The second-order valence-electron chi connectivity index (χ2n) is 3.94. The Balaban J connectivity index is 2.33. The van der Waals surface area contributed by atoms with Gasteiger partial charge in [0, 0.05) is 6.07 Å². The molecule has 0 saturated heterocycles. The predicted octanol–water partition coefficient (Wildman–Crippen LogP) is 2.11. The number of hydrogen-bond acceptors (Lipinski definition) is 4. The summed E-state index contributed by atoms with van der Waals surface area (Å²) in [6, 6.07) is 9.93. The van der Waals surface area contributed by atoms with E-state index in [1.807, 2.05) is 0 Å². The zero-order valence-corrected chi connectivity index (χ0v) is 11.4. The monoisotopic (exact) mass is 296 g/mol. The van der Waals surface area contributed by atoms with Crippen LogP contribution in [0.15, 0.2) is 47.4 Å². The molecule has 0 atom stereocenters. The summed E-state index contributed by atoms with van der Waals surface area (Å²) in [5.41, 5.74) is 5.70. The Kier molecular flexibility index (Phi) is 3.91. The molecule has 0 aliphatic rings. The van der Waals surface area contributed by atoms with Gasteiger partial charge in [-0.3, -0.25) is 0 Å². The molecule has 0 fully saturated rings. The lowest BCUT2D eigenvalue weighted by Gasteiger charge is -2.10. The van der Waals surface area contributed by atoms with Crippen molar-refractivity contribution in [3.05, 3.63) is 48.3 Å². The number of para-hydroxylation sites is 1. The molecule has 7 heteroatoms. The summed E-state index contributed by atoms with van der Waals surface area (Å²) < 4.78 is 44.2. The van der Waals surface area contributed by atoms with Crippen LogP contribution in [0.3, 0.4) is 0 Å². The summed E-state index contributed by atoms with van der Waals surface area (Å²) in [6.45, 7) is 0. The molecule has 0 heterocycles. The van der Waals surface area contributed by atoms with Gasteiger partial charge in [0.15, 0.2) is 11.6 Å². The lowest BCUT2D eigenvalue weighted by Crippen LogP contribution is -2.19. The third-order valence-electron chi connectivity index (χ3n) is 2.60. The van der Waals surface area contributed by atoms with Crippen molar-refractivity contribution in [2.45, 2.75) is 4.90 Å². The van der Waals surface area contributed by atoms with Crippen LogP contribution in [-0.2, 0) is 10.0 Å². The molecule has 5 nitrogen and oxygen atoms in total. The van der Waals surface area contributed by atoms with E-state index in [2.05, 4.69) is 4.72 Å². The number of sulfonamides is 1. The van der Waals surface area contributed by atoms with E-state index in [1.165, 1.54) is 37.4 Å². The fourth-order valence-electron chi connectivity index (χ4n) is 1.60. The van der Waals surface area contributed by atoms with Crippen LogP contribution in [0.5, 0.6) is 11.5 Å². The van der Waals surface area contributed by atoms with E-state index < -0.39 is 15.8 Å². The van der Waals surface area contributed by atoms with E-state index in [1.54, 1.807) is 12.1 Å². The molecule has 2 aromatic carbocycles. The Morgan fingerprint density at radius 3 is 2.50 bits per heavy atom. The number of benzene rings is 2. The molecular formula is C13H13FN2O3S. The second-order valence-corrected chi connectivity index (χ2v) is 5.79. The SMILES string of the molecule is CNS(=O)(=O)c1ccc(Oc2ccccc2F)cc1N. The number of halogens is 1. The second kappa shape index (κ2) is 5.48. The molecule has 3 N–H and O–H groups in total. The molecule has 0 spiro atoms. The van der Waals surface area contributed by atoms with Gasteiger partial charge in [0.2, 0.25) is 10.0 Å². The summed E-state index contributed by atoms with van der Waals surface area (Å²) in [5, 5.41) is 0. The van der Waals surface area contributed by atoms with Crippen molar-refractivity contribution in [2.75, 3.05) is 12.8 Å². The molecule has 0 aliphatic carbocycles. The van der Waals surface area contributed by atoms with E-state index in [4.69, 9.17) is 10.5 Å². The first kappa shape index (κ1) is 14.3. The highest BCUT2D eigenvalue weighted by atomic mass is 32.2. The predicted molar refractivity (Wildman–Crippen MR) is 73.6 cm³/mol. The minimum absolute atomic E-state index is 0.0215. The van der Waals surface area contributed by atoms with Crippen LogP contribution in [0.2, 0.25) is 0 Å². The Bertz CT molecular complexity index is 732. The summed E-state index contributed by atoms with van der Waals surface area (Å²) in [4.78, 5) is -0.0547. The molecule has 106 valence electrons. The third kappa shape index (κ3) is 2.89. The smallest absolute Gasteiger partial charge is 0.242 e. The maximum absolute atomic E-state index is 13.4. The van der Waals surface area contributed by atoms with Crippen molar-refractivity contribution >= 4 is 15.7 Å². The van der Waals surface area contributed by atoms with Gasteiger partial charge in [-0.15, -0.1) is 0 Å². The van der Waals surface area contributed by atoms with Crippen molar-refractivity contribution in [2.24, 2.45) is 0 Å². The van der Waals surface area contributed by atoms with E-state index in [0.717, 1.165) is 0 Å². The van der Waals surface area contributed by atoms with Gasteiger partial charge in [-0.2, -0.15) is 0 Å². The Morgan fingerprint density at radius 2 is 1.90 bits per heavy atom. The molecule has 20 heavy (non-hydrogen) atoms. The van der Waals surface area contributed by atoms with Gasteiger partial charge in [-0.1, -0.05) is 12.1 Å². The van der Waals surface area contributed by atoms with Gasteiger partial charge in [0.25, 0.3) is 0 Å². The number of rotatable bonds is 4. The van der Waals surface area contributed by atoms with Crippen LogP contribution in [0, 0.1) is 5.82 Å². The lowest BCUT2D eigenvalue weighted by molar-refractivity contribution is 0.442. The molecule has 0 saturated carbocycles. The summed E-state index contributed by atoms with van der Waals surface area (Å²) >= 11 is 0. The highest BCUT2D eigenvalue weighted by molar-refractivity contribution is 7.89. The van der Waals surface area contributed by atoms with Gasteiger partial charge in [0.05, 0.1) is 5.69 Å². The summed E-state index contributed by atoms with van der Waals surface area (Å²) in [5.74, 6) is -0.225. The van der Waals surface area contributed by atoms with E-state index in [9.17, 15) is 12.8 Å². The maximum atomic E-state index is 13.4. The summed E-state index contributed by atoms with van der Waals surface area (Å²) in [6.07, 6.45) is 0. The molecule has 0 aromatic heterocycles. The van der Waals surface area contributed by atoms with Crippen LogP contribution in [0.1, 0.15) is 0 Å². The molecule has 0 unspecified atom stereocenters. The third-order valence-corrected chi connectivity index (χ3v) is 4.09. The first-order valence-corrected chi connectivity index (χ1v) is 7.18. The minimum Gasteiger partial charge on any atom is -0.454 e. The molecule has 2 rings (SSSR count). The normalized spacial score (nSPS) is 11.3. The van der Waals surface area contributed by atoms with Gasteiger partial charge < -0.3 is 10.5 Å². The number of nitrogen functional groups attached to an aromatic ring is 1. The standard InChI is InChI=1S/C13H13FN2O3S/c1-16-20(17,18)13-7-6-9(8-11(13)15)19-12-5-3-2-4-10(12)14/h2-8,16H,15H2,1H3. The summed E-state index contributed by atoms with van der Waals surface area (Å²) in [7, 11) is -2.34. The highest BCUT2D eigenvalue weighted by Crippen LogP contribution is 2.28. The molecule has 2 aromatic rings. The highest BCUT2D eigenvalue weighted by Gasteiger charge is 2.16. The van der Waals surface area contributed by atoms with Crippen LogP contribution < -0.4 is 15.2 Å². The first-order chi connectivity index (χ1) is 9.44. The fourth-order valence-corrected chi connectivity index (χ4v) is 2.44. The van der Waals surface area contributed by atoms with Crippen LogP contribution in [-0.4, -0.2) is 15.5 Å². The van der Waals surface area contributed by atoms with Gasteiger partial charge in [-0.05, 0) is 31.3 Å². The zero-order chi connectivity index (χ0) is 14.8. The lowest BCUT2D eigenvalue weighted by atomic mass is 10.3. The van der Waals surface area contributed by atoms with E-state index in [-0.39, 0.29) is 22.1 Å². The van der Waals surface area contributed by atoms with E-state index in [0.29, 0.717) is 0 Å². The first-order valence-electron chi connectivity index (χ1n) is 5.69. The van der Waals surface area contributed by atoms with Crippen molar-refractivity contribution in [3.63, 3.8) is 0 Å². The molecular weight excluding hydrogens is 283 g/mol. The molecule has 0 bridgehead atoms. The van der Waals surface area contributed by atoms with Gasteiger partial charge >= 0.3 is 0 Å². The Hall–Kier alpha value is -2.12. The largest absolute Gasteiger partial charge is 0.454 e. The minimum atomic E-state index is -3.63. The maximum Gasteiger partial charge on any atom is 0.242 e. The average molecular weight is 296 g/mol. The number of nitrogens with two attached hydrogens (primary N) is 1.